The molecule has 1 saturated carbocycles. The number of hydrogen-bond acceptors (Lipinski definition) is 2. The van der Waals surface area contributed by atoms with Gasteiger partial charge in [0.05, 0.1) is 22.3 Å². The Morgan fingerprint density at radius 2 is 2.07 bits per heavy atom. The molecule has 1 spiro atoms. The van der Waals surface area contributed by atoms with E-state index < -0.39 is 0 Å². The van der Waals surface area contributed by atoms with E-state index in [0.717, 1.165) is 18.8 Å². The Morgan fingerprint density at radius 1 is 1.33 bits per heavy atom. The van der Waals surface area contributed by atoms with Crippen LogP contribution in [0, 0.1) is 16.7 Å². The van der Waals surface area contributed by atoms with E-state index in [1.54, 1.807) is 6.07 Å². The summed E-state index contributed by atoms with van der Waals surface area (Å²) in [5.74, 6) is 0. The van der Waals surface area contributed by atoms with Crippen LogP contribution in [0.5, 0.6) is 0 Å². The minimum absolute atomic E-state index is 0.630. The van der Waals surface area contributed by atoms with E-state index in [1.165, 1.54) is 12.8 Å². The third kappa shape index (κ3) is 1.39. The Morgan fingerprint density at radius 3 is 2.60 bits per heavy atom. The number of nitrogens with zero attached hydrogens (tertiary/aromatic N) is 2. The van der Waals surface area contributed by atoms with Crippen LogP contribution in [0.25, 0.3) is 0 Å². The van der Waals surface area contributed by atoms with Crippen molar-refractivity contribution in [3.63, 3.8) is 0 Å². The highest BCUT2D eigenvalue weighted by Gasteiger charge is 2.52. The summed E-state index contributed by atoms with van der Waals surface area (Å²) >= 11 is 6.14. The van der Waals surface area contributed by atoms with Crippen LogP contribution in [0.4, 0.5) is 5.69 Å². The number of halogens is 1. The maximum atomic E-state index is 8.73. The van der Waals surface area contributed by atoms with Crippen LogP contribution in [0.1, 0.15) is 18.4 Å². The van der Waals surface area contributed by atoms with E-state index in [1.807, 2.05) is 12.1 Å². The van der Waals surface area contributed by atoms with Gasteiger partial charge in [-0.15, -0.1) is 0 Å². The molecule has 3 rings (SSSR count). The van der Waals surface area contributed by atoms with Gasteiger partial charge in [0, 0.05) is 18.5 Å². The normalized spacial score (nSPS) is 20.9. The monoisotopic (exact) mass is 218 g/mol. The summed E-state index contributed by atoms with van der Waals surface area (Å²) in [6, 6.07) is 7.63. The molecule has 76 valence electrons. The molecule has 15 heavy (non-hydrogen) atoms. The van der Waals surface area contributed by atoms with Crippen LogP contribution in [0.2, 0.25) is 5.02 Å². The summed E-state index contributed by atoms with van der Waals surface area (Å²) in [7, 11) is 0. The molecule has 0 unspecified atom stereocenters. The molecule has 0 atom stereocenters. The molecular formula is C12H11ClN2. The van der Waals surface area contributed by atoms with Gasteiger partial charge in [0.15, 0.2) is 0 Å². The Labute approximate surface area is 94.1 Å². The molecule has 1 saturated heterocycles. The fourth-order valence-corrected chi connectivity index (χ4v) is 2.56. The van der Waals surface area contributed by atoms with Gasteiger partial charge in [0.25, 0.3) is 0 Å². The first-order chi connectivity index (χ1) is 7.22. The van der Waals surface area contributed by atoms with Gasteiger partial charge in [-0.25, -0.2) is 0 Å². The highest BCUT2D eigenvalue weighted by Crippen LogP contribution is 2.54. The average molecular weight is 219 g/mol. The second-order valence-electron chi connectivity index (χ2n) is 4.63. The highest BCUT2D eigenvalue weighted by atomic mass is 35.5. The van der Waals surface area contributed by atoms with Gasteiger partial charge < -0.3 is 4.90 Å². The average Bonchev–Trinajstić information content (AvgIpc) is 2.95. The van der Waals surface area contributed by atoms with Crippen molar-refractivity contribution in [2.24, 2.45) is 5.41 Å². The summed E-state index contributed by atoms with van der Waals surface area (Å²) in [5, 5.41) is 9.43. The third-order valence-corrected chi connectivity index (χ3v) is 3.73. The second-order valence-corrected chi connectivity index (χ2v) is 5.04. The minimum atomic E-state index is 0.630. The van der Waals surface area contributed by atoms with Crippen molar-refractivity contribution in [2.75, 3.05) is 18.0 Å². The molecular weight excluding hydrogens is 208 g/mol. The van der Waals surface area contributed by atoms with Gasteiger partial charge in [-0.2, -0.15) is 5.26 Å². The molecule has 1 aromatic carbocycles. The lowest BCUT2D eigenvalue weighted by atomic mass is 9.96. The molecule has 0 amide bonds. The Hall–Kier alpha value is -1.20. The molecule has 2 aliphatic rings. The van der Waals surface area contributed by atoms with Gasteiger partial charge in [-0.05, 0) is 31.0 Å². The zero-order valence-corrected chi connectivity index (χ0v) is 9.09. The summed E-state index contributed by atoms with van der Waals surface area (Å²) < 4.78 is 0. The Kier molecular flexibility index (Phi) is 1.75. The third-order valence-electron chi connectivity index (χ3n) is 3.43. The number of anilines is 1. The van der Waals surface area contributed by atoms with Gasteiger partial charge >= 0.3 is 0 Å². The number of benzene rings is 1. The van der Waals surface area contributed by atoms with Crippen LogP contribution in [0.3, 0.4) is 0 Å². The molecule has 2 nitrogen and oxygen atoms in total. The number of nitriles is 1. The molecule has 3 heteroatoms. The van der Waals surface area contributed by atoms with E-state index in [2.05, 4.69) is 11.0 Å². The molecule has 1 aliphatic heterocycles. The van der Waals surface area contributed by atoms with Gasteiger partial charge in [-0.1, -0.05) is 11.6 Å². The van der Waals surface area contributed by atoms with E-state index >= 15 is 0 Å². The first-order valence-electron chi connectivity index (χ1n) is 5.17. The first-order valence-corrected chi connectivity index (χ1v) is 5.55. The van der Waals surface area contributed by atoms with Crippen LogP contribution in [0.15, 0.2) is 18.2 Å². The molecule has 0 radical (unpaired) electrons. The number of rotatable bonds is 1. The molecule has 0 N–H and O–H groups in total. The van der Waals surface area contributed by atoms with Gasteiger partial charge in [0.1, 0.15) is 0 Å². The van der Waals surface area contributed by atoms with Crippen LogP contribution >= 0.6 is 11.6 Å². The Balaban J connectivity index is 1.84. The Bertz CT molecular complexity index is 449. The maximum absolute atomic E-state index is 8.73. The quantitative estimate of drug-likeness (QED) is 0.725. The van der Waals surface area contributed by atoms with Crippen molar-refractivity contribution in [3.05, 3.63) is 28.8 Å². The largest absolute Gasteiger partial charge is 0.369 e. The maximum Gasteiger partial charge on any atom is 0.0992 e. The molecule has 1 heterocycles. The lowest BCUT2D eigenvalue weighted by molar-refractivity contribution is 0.387. The van der Waals surface area contributed by atoms with Crippen molar-refractivity contribution in [1.82, 2.24) is 0 Å². The first kappa shape index (κ1) is 9.06. The lowest BCUT2D eigenvalue weighted by Gasteiger charge is -2.42. The predicted octanol–water partition coefficient (Wildman–Crippen LogP) is 2.81. The molecule has 0 aromatic heterocycles. The standard InChI is InChI=1S/C12H11ClN2/c13-10-5-9(6-14)1-2-11(10)15-7-12(8-15)3-4-12/h1-2,5H,3-4,7-8H2. The van der Waals surface area contributed by atoms with Crippen LogP contribution in [-0.4, -0.2) is 13.1 Å². The minimum Gasteiger partial charge on any atom is -0.369 e. The van der Waals surface area contributed by atoms with E-state index in [9.17, 15) is 0 Å². The topological polar surface area (TPSA) is 27.0 Å². The van der Waals surface area contributed by atoms with Crippen molar-refractivity contribution in [3.8, 4) is 6.07 Å². The highest BCUT2D eigenvalue weighted by molar-refractivity contribution is 6.33. The predicted molar refractivity (Wildman–Crippen MR) is 60.0 cm³/mol. The van der Waals surface area contributed by atoms with Crippen LogP contribution < -0.4 is 4.90 Å². The SMILES string of the molecule is N#Cc1ccc(N2CC3(CC3)C2)c(Cl)c1. The fraction of sp³-hybridized carbons (Fsp3) is 0.417. The summed E-state index contributed by atoms with van der Waals surface area (Å²) in [4.78, 5) is 2.30. The summed E-state index contributed by atoms with van der Waals surface area (Å²) in [6.45, 7) is 2.28. The van der Waals surface area contributed by atoms with E-state index in [-0.39, 0.29) is 0 Å². The summed E-state index contributed by atoms with van der Waals surface area (Å²) in [6.07, 6.45) is 2.74. The molecule has 2 fully saturated rings. The van der Waals surface area contributed by atoms with Gasteiger partial charge in [-0.3, -0.25) is 0 Å². The van der Waals surface area contributed by atoms with Crippen molar-refractivity contribution in [2.45, 2.75) is 12.8 Å². The molecule has 1 aliphatic carbocycles. The zero-order chi connectivity index (χ0) is 10.5. The van der Waals surface area contributed by atoms with Crippen LogP contribution in [-0.2, 0) is 0 Å². The molecule has 1 aromatic rings. The number of hydrogen-bond donors (Lipinski definition) is 0. The lowest BCUT2D eigenvalue weighted by Crippen LogP contribution is -2.48. The van der Waals surface area contributed by atoms with Crippen molar-refractivity contribution in [1.29, 1.82) is 5.26 Å². The van der Waals surface area contributed by atoms with Crippen molar-refractivity contribution >= 4 is 17.3 Å². The zero-order valence-electron chi connectivity index (χ0n) is 8.33. The molecule has 0 bridgehead atoms. The second kappa shape index (κ2) is 2.90. The van der Waals surface area contributed by atoms with E-state index in [4.69, 9.17) is 16.9 Å². The fourth-order valence-electron chi connectivity index (χ4n) is 2.26. The summed E-state index contributed by atoms with van der Waals surface area (Å²) in [5.41, 5.74) is 2.34. The van der Waals surface area contributed by atoms with E-state index in [0.29, 0.717) is 16.0 Å². The van der Waals surface area contributed by atoms with Gasteiger partial charge in [0.2, 0.25) is 0 Å². The smallest absolute Gasteiger partial charge is 0.0992 e. The van der Waals surface area contributed by atoms with Crippen molar-refractivity contribution < 1.29 is 0 Å².